The fourth-order valence-corrected chi connectivity index (χ4v) is 4.48. The summed E-state index contributed by atoms with van der Waals surface area (Å²) in [5.74, 6) is 0.314. The number of hydrogen-bond donors (Lipinski definition) is 1. The van der Waals surface area contributed by atoms with Crippen molar-refractivity contribution in [3.63, 3.8) is 0 Å². The molecule has 6 heteroatoms. The molecule has 78 valence electrons. The molecule has 0 bridgehead atoms. The lowest BCUT2D eigenvalue weighted by Gasteiger charge is -2.19. The highest BCUT2D eigenvalue weighted by atomic mass is 32.2. The topological polar surface area (TPSA) is 73.0 Å². The zero-order valence-corrected chi connectivity index (χ0v) is 9.27. The Morgan fingerprint density at radius 2 is 2.43 bits per heavy atom. The third-order valence-corrected chi connectivity index (χ3v) is 5.03. The number of thiazole rings is 1. The number of hydrogen-bond acceptors (Lipinski definition) is 5. The number of sulfone groups is 1. The van der Waals surface area contributed by atoms with Crippen LogP contribution in [0.1, 0.15) is 11.4 Å². The zero-order valence-electron chi connectivity index (χ0n) is 7.64. The normalized spacial score (nSPS) is 30.6. The molecule has 14 heavy (non-hydrogen) atoms. The molecule has 0 spiro atoms. The first-order valence-electron chi connectivity index (χ1n) is 4.37. The average molecular weight is 232 g/mol. The second-order valence-electron chi connectivity index (χ2n) is 3.81. The van der Waals surface area contributed by atoms with Gasteiger partial charge in [0.1, 0.15) is 0 Å². The second-order valence-corrected chi connectivity index (χ2v) is 6.97. The number of nitrogens with two attached hydrogens (primary N) is 1. The molecule has 0 amide bonds. The van der Waals surface area contributed by atoms with E-state index in [1.165, 1.54) is 11.3 Å². The largest absolute Gasteiger partial charge is 0.324 e. The third kappa shape index (κ3) is 2.13. The summed E-state index contributed by atoms with van der Waals surface area (Å²) >= 11 is 1.52. The maximum atomic E-state index is 11.3. The van der Waals surface area contributed by atoms with Crippen molar-refractivity contribution in [2.24, 2.45) is 5.73 Å². The molecule has 0 radical (unpaired) electrons. The average Bonchev–Trinajstić information content (AvgIpc) is 2.60. The van der Waals surface area contributed by atoms with Crippen LogP contribution in [0.4, 0.5) is 0 Å². The quantitative estimate of drug-likeness (QED) is 0.790. The summed E-state index contributed by atoms with van der Waals surface area (Å²) in [6.07, 6.45) is 2.84. The Morgan fingerprint density at radius 1 is 1.64 bits per heavy atom. The molecule has 1 fully saturated rings. The zero-order chi connectivity index (χ0) is 10.2. The van der Waals surface area contributed by atoms with Crippen molar-refractivity contribution in [2.45, 2.75) is 18.4 Å². The molecule has 1 aliphatic rings. The van der Waals surface area contributed by atoms with E-state index < -0.39 is 15.4 Å². The minimum atomic E-state index is -2.91. The second kappa shape index (κ2) is 3.29. The van der Waals surface area contributed by atoms with Crippen LogP contribution < -0.4 is 5.73 Å². The van der Waals surface area contributed by atoms with Crippen LogP contribution in [0, 0.1) is 0 Å². The first kappa shape index (κ1) is 10.1. The van der Waals surface area contributed by atoms with Gasteiger partial charge in [-0.2, -0.15) is 0 Å². The Morgan fingerprint density at radius 3 is 2.93 bits per heavy atom. The summed E-state index contributed by atoms with van der Waals surface area (Å²) in [7, 11) is -2.91. The fourth-order valence-electron chi connectivity index (χ4n) is 1.72. The Bertz CT molecular complexity index is 413. The first-order valence-corrected chi connectivity index (χ1v) is 7.07. The summed E-state index contributed by atoms with van der Waals surface area (Å²) in [5.41, 5.74) is 5.43. The third-order valence-electron chi connectivity index (χ3n) is 2.41. The van der Waals surface area contributed by atoms with Crippen LogP contribution in [0.2, 0.25) is 0 Å². The fraction of sp³-hybridized carbons (Fsp3) is 0.625. The van der Waals surface area contributed by atoms with Gasteiger partial charge < -0.3 is 5.73 Å². The van der Waals surface area contributed by atoms with Crippen LogP contribution >= 0.6 is 11.3 Å². The molecule has 1 saturated heterocycles. The van der Waals surface area contributed by atoms with E-state index in [1.807, 2.05) is 5.38 Å². The maximum Gasteiger partial charge on any atom is 0.152 e. The highest BCUT2D eigenvalue weighted by Gasteiger charge is 2.39. The lowest BCUT2D eigenvalue weighted by Crippen LogP contribution is -2.43. The molecule has 0 aromatic carbocycles. The summed E-state index contributed by atoms with van der Waals surface area (Å²) in [4.78, 5) is 4.12. The number of aromatic nitrogens is 1. The van der Waals surface area contributed by atoms with Crippen LogP contribution in [-0.2, 0) is 16.3 Å². The smallest absolute Gasteiger partial charge is 0.152 e. The van der Waals surface area contributed by atoms with Gasteiger partial charge in [-0.05, 0) is 6.42 Å². The Labute approximate surface area is 87.1 Å². The van der Waals surface area contributed by atoms with E-state index in [0.717, 1.165) is 5.01 Å². The van der Waals surface area contributed by atoms with E-state index >= 15 is 0 Å². The summed E-state index contributed by atoms with van der Waals surface area (Å²) < 4.78 is 22.6. The van der Waals surface area contributed by atoms with Gasteiger partial charge in [0.15, 0.2) is 9.84 Å². The Hall–Kier alpha value is -0.460. The van der Waals surface area contributed by atoms with E-state index in [9.17, 15) is 8.42 Å². The maximum absolute atomic E-state index is 11.3. The predicted molar refractivity (Wildman–Crippen MR) is 56.0 cm³/mol. The molecule has 2 N–H and O–H groups in total. The van der Waals surface area contributed by atoms with Crippen LogP contribution in [-0.4, -0.2) is 30.4 Å². The highest BCUT2D eigenvalue weighted by Crippen LogP contribution is 2.25. The van der Waals surface area contributed by atoms with Crippen LogP contribution in [0.25, 0.3) is 0 Å². The molecular formula is C8H12N2O2S2. The first-order chi connectivity index (χ1) is 6.49. The summed E-state index contributed by atoms with van der Waals surface area (Å²) in [5, 5.41) is 2.80. The van der Waals surface area contributed by atoms with E-state index in [0.29, 0.717) is 12.8 Å². The highest BCUT2D eigenvalue weighted by molar-refractivity contribution is 7.91. The standard InChI is InChI=1S/C8H12N2O2S2/c9-8(1-4-14(11,12)6-8)5-7-10-2-3-13-7/h2-3H,1,4-6,9H2. The summed E-state index contributed by atoms with van der Waals surface area (Å²) in [6.45, 7) is 0. The molecule has 1 aromatic rings. The Kier molecular flexibility index (Phi) is 2.36. The van der Waals surface area contributed by atoms with Crippen LogP contribution in [0.15, 0.2) is 11.6 Å². The van der Waals surface area contributed by atoms with E-state index in [1.54, 1.807) is 6.20 Å². The lowest BCUT2D eigenvalue weighted by atomic mass is 9.97. The van der Waals surface area contributed by atoms with Gasteiger partial charge in [-0.15, -0.1) is 11.3 Å². The van der Waals surface area contributed by atoms with Gasteiger partial charge in [-0.3, -0.25) is 0 Å². The molecule has 1 atom stereocenters. The van der Waals surface area contributed by atoms with Crippen molar-refractivity contribution in [1.82, 2.24) is 4.98 Å². The number of nitrogens with zero attached hydrogens (tertiary/aromatic N) is 1. The van der Waals surface area contributed by atoms with Gasteiger partial charge in [-0.25, -0.2) is 13.4 Å². The lowest BCUT2D eigenvalue weighted by molar-refractivity contribution is 0.475. The van der Waals surface area contributed by atoms with Gasteiger partial charge in [-0.1, -0.05) is 0 Å². The van der Waals surface area contributed by atoms with E-state index in [-0.39, 0.29) is 11.5 Å². The van der Waals surface area contributed by atoms with E-state index in [2.05, 4.69) is 4.98 Å². The molecule has 1 unspecified atom stereocenters. The van der Waals surface area contributed by atoms with Gasteiger partial charge >= 0.3 is 0 Å². The van der Waals surface area contributed by atoms with Crippen LogP contribution in [0.5, 0.6) is 0 Å². The van der Waals surface area contributed by atoms with Crippen molar-refractivity contribution < 1.29 is 8.42 Å². The van der Waals surface area contributed by atoms with Crippen LogP contribution in [0.3, 0.4) is 0 Å². The molecule has 0 aliphatic carbocycles. The monoisotopic (exact) mass is 232 g/mol. The number of rotatable bonds is 2. The minimum Gasteiger partial charge on any atom is -0.324 e. The van der Waals surface area contributed by atoms with Crippen molar-refractivity contribution in [1.29, 1.82) is 0 Å². The van der Waals surface area contributed by atoms with Crippen molar-refractivity contribution in [2.75, 3.05) is 11.5 Å². The van der Waals surface area contributed by atoms with Gasteiger partial charge in [0.2, 0.25) is 0 Å². The molecule has 1 aromatic heterocycles. The molecule has 2 rings (SSSR count). The molecule has 0 saturated carbocycles. The van der Waals surface area contributed by atoms with Crippen molar-refractivity contribution in [3.8, 4) is 0 Å². The Balaban J connectivity index is 2.12. The molecule has 2 heterocycles. The molecule has 1 aliphatic heterocycles. The molecular weight excluding hydrogens is 220 g/mol. The molecule has 4 nitrogen and oxygen atoms in total. The van der Waals surface area contributed by atoms with Crippen molar-refractivity contribution in [3.05, 3.63) is 16.6 Å². The van der Waals surface area contributed by atoms with Gasteiger partial charge in [0, 0.05) is 23.5 Å². The van der Waals surface area contributed by atoms with Gasteiger partial charge in [0.05, 0.1) is 16.5 Å². The van der Waals surface area contributed by atoms with Gasteiger partial charge in [0.25, 0.3) is 0 Å². The van der Waals surface area contributed by atoms with Crippen molar-refractivity contribution >= 4 is 21.2 Å². The summed E-state index contributed by atoms with van der Waals surface area (Å²) in [6, 6.07) is 0. The SMILES string of the molecule is NC1(Cc2nccs2)CCS(=O)(=O)C1. The predicted octanol–water partition coefficient (Wildman–Crippen LogP) is 0.202. The minimum absolute atomic E-state index is 0.0968. The van der Waals surface area contributed by atoms with E-state index in [4.69, 9.17) is 5.73 Å².